The Morgan fingerprint density at radius 3 is 2.79 bits per heavy atom. The van der Waals surface area contributed by atoms with Crippen LogP contribution in [0.1, 0.15) is 6.42 Å². The van der Waals surface area contributed by atoms with Crippen molar-refractivity contribution in [2.75, 3.05) is 63.9 Å². The Morgan fingerprint density at radius 1 is 1.21 bits per heavy atom. The van der Waals surface area contributed by atoms with Crippen molar-refractivity contribution in [1.82, 2.24) is 15.5 Å². The van der Waals surface area contributed by atoms with Crippen molar-refractivity contribution >= 4 is 11.6 Å². The van der Waals surface area contributed by atoms with Crippen molar-refractivity contribution in [3.05, 3.63) is 30.3 Å². The Hall–Kier alpha value is -1.63. The average Bonchev–Trinajstić information content (AvgIpc) is 2.67. The third kappa shape index (κ3) is 4.93. The number of rotatable bonds is 6. The Bertz CT molecular complexity index is 505. The summed E-state index contributed by atoms with van der Waals surface area (Å²) in [5.74, 6) is 0.109. The van der Waals surface area contributed by atoms with Gasteiger partial charge in [-0.25, -0.2) is 0 Å². The van der Waals surface area contributed by atoms with E-state index in [1.54, 1.807) is 0 Å². The van der Waals surface area contributed by atoms with Gasteiger partial charge in [-0.3, -0.25) is 9.69 Å². The van der Waals surface area contributed by atoms with E-state index >= 15 is 0 Å². The van der Waals surface area contributed by atoms with Crippen LogP contribution in [0.15, 0.2) is 30.3 Å². The highest BCUT2D eigenvalue weighted by atomic mass is 16.5. The molecule has 2 aliphatic heterocycles. The number of morpholine rings is 1. The van der Waals surface area contributed by atoms with Crippen molar-refractivity contribution < 1.29 is 9.53 Å². The van der Waals surface area contributed by atoms with Gasteiger partial charge in [0.05, 0.1) is 13.2 Å². The van der Waals surface area contributed by atoms with E-state index in [-0.39, 0.29) is 11.9 Å². The van der Waals surface area contributed by atoms with Crippen molar-refractivity contribution in [3.8, 4) is 0 Å². The number of carbonyl (C=O) groups is 1. The maximum absolute atomic E-state index is 12.4. The summed E-state index contributed by atoms with van der Waals surface area (Å²) < 4.78 is 5.35. The van der Waals surface area contributed by atoms with Gasteiger partial charge in [-0.15, -0.1) is 0 Å². The molecule has 132 valence electrons. The molecule has 1 unspecified atom stereocenters. The average molecular weight is 332 g/mol. The summed E-state index contributed by atoms with van der Waals surface area (Å²) in [6.45, 7) is 7.91. The SMILES string of the molecule is O=C(NCCCN1CCOCC1)C1CN(c2ccccc2)CCN1. The van der Waals surface area contributed by atoms with E-state index in [1.165, 1.54) is 5.69 Å². The van der Waals surface area contributed by atoms with Gasteiger partial charge in [0.25, 0.3) is 0 Å². The molecule has 1 amide bonds. The fourth-order valence-corrected chi connectivity index (χ4v) is 3.26. The van der Waals surface area contributed by atoms with Gasteiger partial charge in [-0.05, 0) is 25.1 Å². The van der Waals surface area contributed by atoms with Gasteiger partial charge in [0.2, 0.25) is 5.91 Å². The monoisotopic (exact) mass is 332 g/mol. The van der Waals surface area contributed by atoms with Crippen molar-refractivity contribution in [3.63, 3.8) is 0 Å². The van der Waals surface area contributed by atoms with Crippen LogP contribution in [0.4, 0.5) is 5.69 Å². The van der Waals surface area contributed by atoms with Crippen LogP contribution in [0.5, 0.6) is 0 Å². The number of hydrogen-bond donors (Lipinski definition) is 2. The highest BCUT2D eigenvalue weighted by molar-refractivity contribution is 5.82. The van der Waals surface area contributed by atoms with Crippen LogP contribution in [0, 0.1) is 0 Å². The number of hydrogen-bond acceptors (Lipinski definition) is 5. The normalized spacial score (nSPS) is 22.3. The molecule has 3 rings (SSSR count). The zero-order valence-electron chi connectivity index (χ0n) is 14.2. The Kier molecular flexibility index (Phi) is 6.46. The third-order valence-corrected chi connectivity index (χ3v) is 4.67. The molecular formula is C18H28N4O2. The lowest BCUT2D eigenvalue weighted by Gasteiger charge is -2.34. The number of para-hydroxylation sites is 1. The van der Waals surface area contributed by atoms with Crippen LogP contribution in [0.2, 0.25) is 0 Å². The zero-order valence-corrected chi connectivity index (χ0v) is 14.2. The van der Waals surface area contributed by atoms with E-state index in [4.69, 9.17) is 4.74 Å². The Balaban J connectivity index is 1.38. The van der Waals surface area contributed by atoms with E-state index in [9.17, 15) is 4.79 Å². The molecule has 0 spiro atoms. The second kappa shape index (κ2) is 9.01. The molecule has 2 aliphatic rings. The molecule has 2 saturated heterocycles. The lowest BCUT2D eigenvalue weighted by atomic mass is 10.1. The quantitative estimate of drug-likeness (QED) is 0.734. The molecule has 2 heterocycles. The molecule has 2 fully saturated rings. The van der Waals surface area contributed by atoms with Crippen LogP contribution in [0.25, 0.3) is 0 Å². The van der Waals surface area contributed by atoms with E-state index in [0.29, 0.717) is 0 Å². The van der Waals surface area contributed by atoms with Gasteiger partial charge >= 0.3 is 0 Å². The van der Waals surface area contributed by atoms with Gasteiger partial charge in [0.1, 0.15) is 6.04 Å². The first-order valence-corrected chi connectivity index (χ1v) is 8.94. The number of nitrogens with zero attached hydrogens (tertiary/aromatic N) is 2. The summed E-state index contributed by atoms with van der Waals surface area (Å²) in [6.07, 6.45) is 0.987. The molecular weight excluding hydrogens is 304 g/mol. The van der Waals surface area contributed by atoms with Gasteiger partial charge in [-0.2, -0.15) is 0 Å². The summed E-state index contributed by atoms with van der Waals surface area (Å²) in [7, 11) is 0. The molecule has 1 atom stereocenters. The lowest BCUT2D eigenvalue weighted by Crippen LogP contribution is -2.57. The van der Waals surface area contributed by atoms with Crippen molar-refractivity contribution in [2.24, 2.45) is 0 Å². The molecule has 0 radical (unpaired) electrons. The summed E-state index contributed by atoms with van der Waals surface area (Å²) in [5, 5.41) is 6.41. The number of anilines is 1. The molecule has 2 N–H and O–H groups in total. The van der Waals surface area contributed by atoms with E-state index in [1.807, 2.05) is 18.2 Å². The maximum atomic E-state index is 12.4. The summed E-state index contributed by atoms with van der Waals surface area (Å²) in [4.78, 5) is 17.1. The molecule has 1 aromatic carbocycles. The zero-order chi connectivity index (χ0) is 16.6. The summed E-state index contributed by atoms with van der Waals surface area (Å²) >= 11 is 0. The second-order valence-corrected chi connectivity index (χ2v) is 6.39. The number of carbonyl (C=O) groups excluding carboxylic acids is 1. The van der Waals surface area contributed by atoms with Crippen LogP contribution in [0.3, 0.4) is 0 Å². The molecule has 6 heteroatoms. The van der Waals surface area contributed by atoms with Crippen LogP contribution in [-0.2, 0) is 9.53 Å². The highest BCUT2D eigenvalue weighted by Crippen LogP contribution is 2.15. The number of nitrogens with one attached hydrogen (secondary N) is 2. The predicted molar refractivity (Wildman–Crippen MR) is 95.3 cm³/mol. The van der Waals surface area contributed by atoms with Crippen LogP contribution >= 0.6 is 0 Å². The molecule has 0 aromatic heterocycles. The second-order valence-electron chi connectivity index (χ2n) is 6.39. The van der Waals surface area contributed by atoms with Gasteiger partial charge < -0.3 is 20.3 Å². The third-order valence-electron chi connectivity index (χ3n) is 4.67. The van der Waals surface area contributed by atoms with Gasteiger partial charge in [-0.1, -0.05) is 18.2 Å². The van der Waals surface area contributed by atoms with Gasteiger partial charge in [0, 0.05) is 45.0 Å². The number of piperazine rings is 1. The number of amides is 1. The van der Waals surface area contributed by atoms with Gasteiger partial charge in [0.15, 0.2) is 0 Å². The van der Waals surface area contributed by atoms with Crippen molar-refractivity contribution in [1.29, 1.82) is 0 Å². The fourth-order valence-electron chi connectivity index (χ4n) is 3.26. The Labute approximate surface area is 144 Å². The maximum Gasteiger partial charge on any atom is 0.238 e. The fraction of sp³-hybridized carbons (Fsp3) is 0.611. The molecule has 0 aliphatic carbocycles. The largest absolute Gasteiger partial charge is 0.379 e. The minimum atomic E-state index is -0.137. The Morgan fingerprint density at radius 2 is 2.00 bits per heavy atom. The number of benzene rings is 1. The van der Waals surface area contributed by atoms with E-state index in [0.717, 1.165) is 65.4 Å². The molecule has 0 bridgehead atoms. The molecule has 24 heavy (non-hydrogen) atoms. The minimum absolute atomic E-state index is 0.109. The first-order chi connectivity index (χ1) is 11.8. The van der Waals surface area contributed by atoms with Crippen LogP contribution in [-0.4, -0.2) is 75.9 Å². The molecule has 6 nitrogen and oxygen atoms in total. The molecule has 0 saturated carbocycles. The predicted octanol–water partition coefficient (Wildman–Crippen LogP) is 0.303. The summed E-state index contributed by atoms with van der Waals surface area (Å²) in [5.41, 5.74) is 1.18. The smallest absolute Gasteiger partial charge is 0.238 e. The standard InChI is InChI=1S/C18H28N4O2/c23-18(20-7-4-9-21-11-13-24-14-12-21)17-15-22(10-8-19-17)16-5-2-1-3-6-16/h1-3,5-6,17,19H,4,7-15H2,(H,20,23). The van der Waals surface area contributed by atoms with E-state index < -0.39 is 0 Å². The minimum Gasteiger partial charge on any atom is -0.379 e. The first-order valence-electron chi connectivity index (χ1n) is 8.94. The van der Waals surface area contributed by atoms with Crippen LogP contribution < -0.4 is 15.5 Å². The summed E-state index contributed by atoms with van der Waals surface area (Å²) in [6, 6.07) is 10.2. The van der Waals surface area contributed by atoms with Crippen molar-refractivity contribution in [2.45, 2.75) is 12.5 Å². The highest BCUT2D eigenvalue weighted by Gasteiger charge is 2.25. The lowest BCUT2D eigenvalue weighted by molar-refractivity contribution is -0.123. The molecule has 1 aromatic rings. The van der Waals surface area contributed by atoms with E-state index in [2.05, 4.69) is 32.6 Å². The first kappa shape index (κ1) is 17.2. The number of ether oxygens (including phenoxy) is 1. The topological polar surface area (TPSA) is 56.8 Å².